The van der Waals surface area contributed by atoms with Gasteiger partial charge in [-0.1, -0.05) is 12.8 Å². The van der Waals surface area contributed by atoms with Crippen molar-refractivity contribution in [3.05, 3.63) is 24.3 Å². The van der Waals surface area contributed by atoms with Crippen molar-refractivity contribution < 1.29 is 19.6 Å². The highest BCUT2D eigenvalue weighted by molar-refractivity contribution is 6.21. The van der Waals surface area contributed by atoms with Crippen LogP contribution in [0.5, 0.6) is 5.75 Å². The molecule has 23 heavy (non-hydrogen) atoms. The number of carbonyl (C=O) groups excluding carboxylic acids is 2. The molecule has 3 rings (SSSR count). The van der Waals surface area contributed by atoms with Crippen molar-refractivity contribution in [2.24, 2.45) is 0 Å². The first-order chi connectivity index (χ1) is 11.2. The molecule has 1 atom stereocenters. The van der Waals surface area contributed by atoms with Crippen LogP contribution in [0.15, 0.2) is 24.3 Å². The Morgan fingerprint density at radius 3 is 2.30 bits per heavy atom. The zero-order valence-corrected chi connectivity index (χ0v) is 13.7. The molecule has 1 saturated carbocycles. The fourth-order valence-electron chi connectivity index (χ4n) is 3.64. The first-order valence-electron chi connectivity index (χ1n) is 8.55. The van der Waals surface area contributed by atoms with E-state index in [1.165, 1.54) is 30.6 Å². The number of imide groups is 1. The molecule has 0 bridgehead atoms. The van der Waals surface area contributed by atoms with Crippen LogP contribution < -0.4 is 15.0 Å². The minimum absolute atomic E-state index is 0.0792. The Balaban J connectivity index is 1.68. The smallest absolute Gasteiger partial charge is 0.292 e. The summed E-state index contributed by atoms with van der Waals surface area (Å²) in [5.41, 5.74) is 0.637. The van der Waals surface area contributed by atoms with Gasteiger partial charge in [0.1, 0.15) is 5.75 Å². The second-order valence-corrected chi connectivity index (χ2v) is 6.52. The largest absolute Gasteiger partial charge is 0.497 e. The SMILES string of the molecule is COc1ccc(N2C(=O)C[C@@H]([NH2+]C3CCCCCC3)C2=O)cc1. The zero-order valence-electron chi connectivity index (χ0n) is 13.7. The van der Waals surface area contributed by atoms with Gasteiger partial charge in [0.25, 0.3) is 5.91 Å². The number of ether oxygens (including phenoxy) is 1. The quantitative estimate of drug-likeness (QED) is 0.678. The molecule has 2 N–H and O–H groups in total. The second kappa shape index (κ2) is 7.13. The van der Waals surface area contributed by atoms with Crippen molar-refractivity contribution in [2.45, 2.75) is 57.0 Å². The molecule has 1 saturated heterocycles. The Morgan fingerprint density at radius 1 is 1.04 bits per heavy atom. The van der Waals surface area contributed by atoms with E-state index in [1.807, 2.05) is 0 Å². The number of quaternary nitrogens is 1. The van der Waals surface area contributed by atoms with Crippen LogP contribution in [0.1, 0.15) is 44.9 Å². The Labute approximate surface area is 137 Å². The Bertz CT molecular complexity index is 562. The molecule has 5 heteroatoms. The number of carbonyl (C=O) groups is 2. The van der Waals surface area contributed by atoms with Crippen LogP contribution in [-0.2, 0) is 9.59 Å². The molecular weight excluding hydrogens is 292 g/mol. The summed E-state index contributed by atoms with van der Waals surface area (Å²) in [6.45, 7) is 0. The minimum Gasteiger partial charge on any atom is -0.497 e. The lowest BCUT2D eigenvalue weighted by atomic mass is 10.1. The molecule has 2 amide bonds. The van der Waals surface area contributed by atoms with Gasteiger partial charge in [-0.05, 0) is 49.9 Å². The van der Waals surface area contributed by atoms with Crippen molar-refractivity contribution in [2.75, 3.05) is 12.0 Å². The van der Waals surface area contributed by atoms with Crippen molar-refractivity contribution in [1.29, 1.82) is 0 Å². The van der Waals surface area contributed by atoms with Crippen LogP contribution in [0.3, 0.4) is 0 Å². The third-order valence-electron chi connectivity index (χ3n) is 4.92. The fraction of sp³-hybridized carbons (Fsp3) is 0.556. The van der Waals surface area contributed by atoms with E-state index in [2.05, 4.69) is 5.32 Å². The van der Waals surface area contributed by atoms with Crippen LogP contribution in [0.4, 0.5) is 5.69 Å². The van der Waals surface area contributed by atoms with Gasteiger partial charge >= 0.3 is 0 Å². The maximum absolute atomic E-state index is 12.7. The molecule has 0 aromatic heterocycles. The summed E-state index contributed by atoms with van der Waals surface area (Å²) >= 11 is 0. The van der Waals surface area contributed by atoms with Crippen LogP contribution >= 0.6 is 0 Å². The molecule has 0 radical (unpaired) electrons. The number of nitrogens with two attached hydrogens (primary N) is 1. The van der Waals surface area contributed by atoms with Gasteiger partial charge < -0.3 is 10.1 Å². The molecule has 2 aliphatic rings. The molecule has 1 aromatic rings. The number of hydrogen-bond acceptors (Lipinski definition) is 3. The zero-order chi connectivity index (χ0) is 16.2. The standard InChI is InChI=1S/C18H24N2O3/c1-23-15-10-8-14(9-11-15)20-17(21)12-16(18(20)22)19-13-6-4-2-3-5-7-13/h8-11,13,16,19H,2-7,12H2,1H3/p+1/t16-/m1/s1. The molecule has 1 aromatic carbocycles. The number of rotatable bonds is 4. The van der Waals surface area contributed by atoms with Crippen LogP contribution in [0, 0.1) is 0 Å². The van der Waals surface area contributed by atoms with Gasteiger partial charge in [0, 0.05) is 0 Å². The first kappa shape index (κ1) is 16.0. The van der Waals surface area contributed by atoms with Crippen LogP contribution in [0.2, 0.25) is 0 Å². The second-order valence-electron chi connectivity index (χ2n) is 6.52. The van der Waals surface area contributed by atoms with Crippen LogP contribution in [-0.4, -0.2) is 31.0 Å². The average Bonchev–Trinajstić information content (AvgIpc) is 2.74. The third kappa shape index (κ3) is 3.55. The number of hydrogen-bond donors (Lipinski definition) is 1. The summed E-state index contributed by atoms with van der Waals surface area (Å²) in [7, 11) is 1.60. The summed E-state index contributed by atoms with van der Waals surface area (Å²) in [4.78, 5) is 26.3. The predicted octanol–water partition coefficient (Wildman–Crippen LogP) is 1.61. The summed E-state index contributed by atoms with van der Waals surface area (Å²) in [6, 6.07) is 7.31. The van der Waals surface area contributed by atoms with E-state index in [0.29, 0.717) is 18.2 Å². The molecule has 1 heterocycles. The highest BCUT2D eigenvalue weighted by Gasteiger charge is 2.43. The summed E-state index contributed by atoms with van der Waals surface area (Å²) in [5.74, 6) is 0.536. The van der Waals surface area contributed by atoms with E-state index >= 15 is 0 Å². The van der Waals surface area contributed by atoms with Gasteiger partial charge in [0.15, 0.2) is 6.04 Å². The molecule has 1 aliphatic heterocycles. The van der Waals surface area contributed by atoms with Crippen LogP contribution in [0.25, 0.3) is 0 Å². The van der Waals surface area contributed by atoms with Gasteiger partial charge in [-0.15, -0.1) is 0 Å². The lowest BCUT2D eigenvalue weighted by Gasteiger charge is -2.18. The average molecular weight is 317 g/mol. The molecular formula is C18H25N2O3+. The summed E-state index contributed by atoms with van der Waals surface area (Å²) in [5, 5.41) is 2.15. The van der Waals surface area contributed by atoms with Crippen molar-refractivity contribution in [3.8, 4) is 5.75 Å². The van der Waals surface area contributed by atoms with Gasteiger partial charge in [0.2, 0.25) is 5.91 Å². The van der Waals surface area contributed by atoms with Crippen molar-refractivity contribution >= 4 is 17.5 Å². The van der Waals surface area contributed by atoms with Gasteiger partial charge in [0.05, 0.1) is 25.3 Å². The Kier molecular flexibility index (Phi) is 4.96. The van der Waals surface area contributed by atoms with Crippen molar-refractivity contribution in [1.82, 2.24) is 0 Å². The number of anilines is 1. The highest BCUT2D eigenvalue weighted by Crippen LogP contribution is 2.24. The maximum atomic E-state index is 12.7. The molecule has 124 valence electrons. The van der Waals surface area contributed by atoms with Gasteiger partial charge in [-0.25, -0.2) is 4.90 Å². The van der Waals surface area contributed by atoms with E-state index in [1.54, 1.807) is 31.4 Å². The van der Waals surface area contributed by atoms with E-state index < -0.39 is 0 Å². The van der Waals surface area contributed by atoms with Crippen molar-refractivity contribution in [3.63, 3.8) is 0 Å². The highest BCUT2D eigenvalue weighted by atomic mass is 16.5. The molecule has 2 fully saturated rings. The molecule has 1 aliphatic carbocycles. The monoisotopic (exact) mass is 317 g/mol. The lowest BCUT2D eigenvalue weighted by molar-refractivity contribution is -0.708. The minimum atomic E-state index is -0.257. The molecule has 5 nitrogen and oxygen atoms in total. The first-order valence-corrected chi connectivity index (χ1v) is 8.55. The van der Waals surface area contributed by atoms with E-state index in [-0.39, 0.29) is 17.9 Å². The topological polar surface area (TPSA) is 63.2 Å². The van der Waals surface area contributed by atoms with E-state index in [9.17, 15) is 9.59 Å². The fourth-order valence-corrected chi connectivity index (χ4v) is 3.64. The third-order valence-corrected chi connectivity index (χ3v) is 4.92. The maximum Gasteiger partial charge on any atom is 0.292 e. The number of nitrogens with zero attached hydrogens (tertiary/aromatic N) is 1. The van der Waals surface area contributed by atoms with E-state index in [0.717, 1.165) is 18.6 Å². The predicted molar refractivity (Wildman–Crippen MR) is 87.3 cm³/mol. The van der Waals surface area contributed by atoms with Gasteiger partial charge in [-0.2, -0.15) is 0 Å². The normalized spacial score (nSPS) is 23.2. The summed E-state index contributed by atoms with van der Waals surface area (Å²) < 4.78 is 5.12. The lowest BCUT2D eigenvalue weighted by Crippen LogP contribution is -2.96. The number of benzene rings is 1. The Hall–Kier alpha value is -1.88. The molecule has 0 unspecified atom stereocenters. The van der Waals surface area contributed by atoms with Gasteiger partial charge in [-0.3, -0.25) is 9.59 Å². The number of amides is 2. The Morgan fingerprint density at radius 2 is 1.70 bits per heavy atom. The van der Waals surface area contributed by atoms with E-state index in [4.69, 9.17) is 4.74 Å². The molecule has 0 spiro atoms. The number of methoxy groups -OCH3 is 1. The summed E-state index contributed by atoms with van der Waals surface area (Å²) in [6.07, 6.45) is 7.67.